The first kappa shape index (κ1) is 15.4. The van der Waals surface area contributed by atoms with Gasteiger partial charge in [-0.15, -0.1) is 0 Å². The lowest BCUT2D eigenvalue weighted by Gasteiger charge is -2.12. The molecule has 2 aromatic rings. The van der Waals surface area contributed by atoms with Crippen LogP contribution in [0, 0.1) is 0 Å². The van der Waals surface area contributed by atoms with Crippen molar-refractivity contribution in [2.45, 2.75) is 19.9 Å². The van der Waals surface area contributed by atoms with Gasteiger partial charge in [0.25, 0.3) is 0 Å². The Labute approximate surface area is 133 Å². The van der Waals surface area contributed by atoms with Gasteiger partial charge < -0.3 is 10.1 Å². The van der Waals surface area contributed by atoms with Crippen molar-refractivity contribution in [1.82, 2.24) is 5.32 Å². The zero-order chi connectivity index (χ0) is 14.4. The lowest BCUT2D eigenvalue weighted by atomic mass is 10.2. The van der Waals surface area contributed by atoms with Crippen LogP contribution in [0.3, 0.4) is 0 Å². The van der Waals surface area contributed by atoms with Crippen molar-refractivity contribution in [1.29, 1.82) is 0 Å². The average Bonchev–Trinajstić information content (AvgIpc) is 2.42. The molecule has 0 heterocycles. The van der Waals surface area contributed by atoms with Gasteiger partial charge in [-0.3, -0.25) is 0 Å². The van der Waals surface area contributed by atoms with Gasteiger partial charge in [0.1, 0.15) is 11.5 Å². The molecule has 0 radical (unpaired) electrons. The number of nitrogens with one attached hydrogen (secondary N) is 1. The maximum Gasteiger partial charge on any atom is 0.132 e. The van der Waals surface area contributed by atoms with Crippen molar-refractivity contribution >= 4 is 27.5 Å². The molecular formula is C16H17BrClNO. The van der Waals surface area contributed by atoms with E-state index in [1.54, 1.807) is 0 Å². The van der Waals surface area contributed by atoms with Crippen molar-refractivity contribution < 1.29 is 4.74 Å². The van der Waals surface area contributed by atoms with E-state index < -0.39 is 0 Å². The Morgan fingerprint density at radius 2 is 2.05 bits per heavy atom. The summed E-state index contributed by atoms with van der Waals surface area (Å²) in [5.74, 6) is 1.63. The monoisotopic (exact) mass is 353 g/mol. The van der Waals surface area contributed by atoms with Crippen molar-refractivity contribution in [2.24, 2.45) is 0 Å². The van der Waals surface area contributed by atoms with Crippen LogP contribution in [0.2, 0.25) is 5.02 Å². The molecular weight excluding hydrogens is 338 g/mol. The molecule has 4 heteroatoms. The molecule has 0 aliphatic heterocycles. The van der Waals surface area contributed by atoms with E-state index in [0.29, 0.717) is 0 Å². The average molecular weight is 355 g/mol. The quantitative estimate of drug-likeness (QED) is 0.702. The van der Waals surface area contributed by atoms with Gasteiger partial charge in [0, 0.05) is 21.6 Å². The van der Waals surface area contributed by atoms with Crippen LogP contribution in [0.5, 0.6) is 11.5 Å². The van der Waals surface area contributed by atoms with Crippen molar-refractivity contribution in [3.63, 3.8) is 0 Å². The lowest BCUT2D eigenvalue weighted by molar-refractivity contribution is 0.472. The van der Waals surface area contributed by atoms with Crippen LogP contribution in [-0.4, -0.2) is 6.54 Å². The molecule has 0 aliphatic rings. The Bertz CT molecular complexity index is 574. The smallest absolute Gasteiger partial charge is 0.132 e. The van der Waals surface area contributed by atoms with Crippen molar-refractivity contribution in [3.05, 3.63) is 57.5 Å². The molecule has 20 heavy (non-hydrogen) atoms. The minimum Gasteiger partial charge on any atom is -0.457 e. The largest absolute Gasteiger partial charge is 0.457 e. The normalized spacial score (nSPS) is 10.6. The van der Waals surface area contributed by atoms with Gasteiger partial charge >= 0.3 is 0 Å². The second-order valence-corrected chi connectivity index (χ2v) is 5.84. The van der Waals surface area contributed by atoms with E-state index in [1.807, 2.05) is 42.5 Å². The Balaban J connectivity index is 2.17. The highest BCUT2D eigenvalue weighted by atomic mass is 79.9. The highest BCUT2D eigenvalue weighted by Crippen LogP contribution is 2.29. The molecule has 0 spiro atoms. The van der Waals surface area contributed by atoms with Crippen LogP contribution in [0.4, 0.5) is 0 Å². The summed E-state index contributed by atoms with van der Waals surface area (Å²) in [6.07, 6.45) is 1.10. The second-order valence-electron chi connectivity index (χ2n) is 4.49. The zero-order valence-corrected chi connectivity index (χ0v) is 13.7. The maximum absolute atomic E-state index is 6.07. The van der Waals surface area contributed by atoms with Gasteiger partial charge in [0.05, 0.1) is 0 Å². The number of rotatable bonds is 6. The third-order valence-corrected chi connectivity index (χ3v) is 3.52. The molecule has 0 saturated heterocycles. The standard InChI is InChI=1S/C16H17BrClNO/c1-2-8-19-11-12-9-14(18)6-7-16(12)20-15-5-3-4-13(17)10-15/h3-7,9-10,19H,2,8,11H2,1H3. The Morgan fingerprint density at radius 1 is 1.20 bits per heavy atom. The molecule has 2 nitrogen and oxygen atoms in total. The summed E-state index contributed by atoms with van der Waals surface area (Å²) in [5, 5.41) is 4.09. The predicted octanol–water partition coefficient (Wildman–Crippen LogP) is 5.39. The van der Waals surface area contributed by atoms with E-state index in [0.717, 1.165) is 46.1 Å². The molecule has 0 aliphatic carbocycles. The fourth-order valence-corrected chi connectivity index (χ4v) is 2.42. The molecule has 2 aromatic carbocycles. The van der Waals surface area contributed by atoms with Gasteiger partial charge in [0.15, 0.2) is 0 Å². The van der Waals surface area contributed by atoms with Gasteiger partial charge in [-0.05, 0) is 49.4 Å². The fraction of sp³-hybridized carbons (Fsp3) is 0.250. The SMILES string of the molecule is CCCNCc1cc(Cl)ccc1Oc1cccc(Br)c1. The van der Waals surface area contributed by atoms with Gasteiger partial charge in [-0.1, -0.05) is 40.5 Å². The van der Waals surface area contributed by atoms with E-state index in [1.165, 1.54) is 0 Å². The Morgan fingerprint density at radius 3 is 2.80 bits per heavy atom. The molecule has 106 valence electrons. The van der Waals surface area contributed by atoms with Crippen molar-refractivity contribution in [3.8, 4) is 11.5 Å². The Hall–Kier alpha value is -1.03. The number of halogens is 2. The lowest BCUT2D eigenvalue weighted by Crippen LogP contribution is -2.14. The zero-order valence-electron chi connectivity index (χ0n) is 11.3. The highest BCUT2D eigenvalue weighted by molar-refractivity contribution is 9.10. The third kappa shape index (κ3) is 4.51. The minimum absolute atomic E-state index is 0.722. The van der Waals surface area contributed by atoms with Crippen LogP contribution in [0.1, 0.15) is 18.9 Å². The summed E-state index contributed by atoms with van der Waals surface area (Å²) in [6, 6.07) is 13.5. The first-order valence-corrected chi connectivity index (χ1v) is 7.78. The molecule has 0 saturated carbocycles. The number of hydrogen-bond acceptors (Lipinski definition) is 2. The number of benzene rings is 2. The molecule has 0 fully saturated rings. The first-order chi connectivity index (χ1) is 9.69. The summed E-state index contributed by atoms with van der Waals surface area (Å²) < 4.78 is 6.94. The van der Waals surface area contributed by atoms with Gasteiger partial charge in [0.2, 0.25) is 0 Å². The molecule has 0 unspecified atom stereocenters. The number of ether oxygens (including phenoxy) is 1. The van der Waals surface area contributed by atoms with Gasteiger partial charge in [-0.25, -0.2) is 0 Å². The van der Waals surface area contributed by atoms with E-state index in [9.17, 15) is 0 Å². The molecule has 0 aromatic heterocycles. The van der Waals surface area contributed by atoms with Gasteiger partial charge in [-0.2, -0.15) is 0 Å². The van der Waals surface area contributed by atoms with Crippen molar-refractivity contribution in [2.75, 3.05) is 6.54 Å². The molecule has 1 N–H and O–H groups in total. The maximum atomic E-state index is 6.07. The first-order valence-electron chi connectivity index (χ1n) is 6.61. The third-order valence-electron chi connectivity index (χ3n) is 2.79. The van der Waals surface area contributed by atoms with Crippen LogP contribution in [0.25, 0.3) is 0 Å². The summed E-state index contributed by atoms with van der Waals surface area (Å²) in [7, 11) is 0. The molecule has 0 atom stereocenters. The Kier molecular flexibility index (Phi) is 5.89. The van der Waals surface area contributed by atoms with E-state index in [4.69, 9.17) is 16.3 Å². The topological polar surface area (TPSA) is 21.3 Å². The van der Waals surface area contributed by atoms with Crippen LogP contribution < -0.4 is 10.1 Å². The van der Waals surface area contributed by atoms with Crippen LogP contribution >= 0.6 is 27.5 Å². The highest BCUT2D eigenvalue weighted by Gasteiger charge is 2.06. The summed E-state index contributed by atoms with van der Waals surface area (Å²) in [6.45, 7) is 3.87. The summed E-state index contributed by atoms with van der Waals surface area (Å²) in [5.41, 5.74) is 1.06. The summed E-state index contributed by atoms with van der Waals surface area (Å²) >= 11 is 9.51. The van der Waals surface area contributed by atoms with Crippen LogP contribution in [-0.2, 0) is 6.54 Å². The molecule has 2 rings (SSSR count). The molecule has 0 amide bonds. The van der Waals surface area contributed by atoms with Crippen LogP contribution in [0.15, 0.2) is 46.9 Å². The predicted molar refractivity (Wildman–Crippen MR) is 87.7 cm³/mol. The van der Waals surface area contributed by atoms with E-state index in [2.05, 4.69) is 28.2 Å². The van der Waals surface area contributed by atoms with E-state index >= 15 is 0 Å². The van der Waals surface area contributed by atoms with E-state index in [-0.39, 0.29) is 0 Å². The minimum atomic E-state index is 0.722. The number of hydrogen-bond donors (Lipinski definition) is 1. The summed E-state index contributed by atoms with van der Waals surface area (Å²) in [4.78, 5) is 0. The second kappa shape index (κ2) is 7.67. The fourth-order valence-electron chi connectivity index (χ4n) is 1.84. The molecule has 0 bridgehead atoms.